The molecule has 0 spiro atoms. The van der Waals surface area contributed by atoms with Gasteiger partial charge in [-0.25, -0.2) is 14.4 Å². The number of hydrogen-bond acceptors (Lipinski definition) is 8. The third kappa shape index (κ3) is 5.64. The van der Waals surface area contributed by atoms with Crippen molar-refractivity contribution in [3.63, 3.8) is 0 Å². The van der Waals surface area contributed by atoms with Crippen LogP contribution in [0.2, 0.25) is 0 Å². The summed E-state index contributed by atoms with van der Waals surface area (Å²) < 4.78 is 25.3. The van der Waals surface area contributed by atoms with Gasteiger partial charge in [-0.05, 0) is 29.8 Å². The Hall–Kier alpha value is -3.85. The molecule has 2 aromatic heterocycles. The second kappa shape index (κ2) is 9.97. The van der Waals surface area contributed by atoms with E-state index >= 15 is 0 Å². The maximum Gasteiger partial charge on any atom is 0.229 e. The second-order valence-corrected chi connectivity index (χ2v) is 7.18. The summed E-state index contributed by atoms with van der Waals surface area (Å²) in [4.78, 5) is 24.0. The monoisotopic (exact) mass is 435 g/mol. The van der Waals surface area contributed by atoms with Gasteiger partial charge in [0.05, 0.1) is 31.3 Å². The van der Waals surface area contributed by atoms with Crippen molar-refractivity contribution in [2.24, 2.45) is 0 Å². The largest absolute Gasteiger partial charge is 0.472 e. The van der Waals surface area contributed by atoms with Crippen LogP contribution in [0.5, 0.6) is 5.88 Å². The van der Waals surface area contributed by atoms with Gasteiger partial charge in [-0.15, -0.1) is 0 Å². The molecule has 1 atom stereocenters. The number of ether oxygens (including phenoxy) is 2. The minimum absolute atomic E-state index is 0.00356. The maximum atomic E-state index is 14.3. The molecule has 0 saturated carbocycles. The van der Waals surface area contributed by atoms with Gasteiger partial charge in [0.1, 0.15) is 6.10 Å². The van der Waals surface area contributed by atoms with Crippen molar-refractivity contribution in [3.8, 4) is 5.88 Å². The summed E-state index contributed by atoms with van der Waals surface area (Å²) in [7, 11) is 0. The van der Waals surface area contributed by atoms with Gasteiger partial charge < -0.3 is 20.1 Å². The lowest BCUT2D eigenvalue weighted by Gasteiger charge is -2.12. The Morgan fingerprint density at radius 3 is 2.88 bits per heavy atom. The zero-order valence-corrected chi connectivity index (χ0v) is 17.3. The first-order valence-corrected chi connectivity index (χ1v) is 10.1. The highest BCUT2D eigenvalue weighted by Gasteiger charge is 2.17. The Morgan fingerprint density at radius 1 is 1.22 bits per heavy atom. The van der Waals surface area contributed by atoms with Gasteiger partial charge in [0.2, 0.25) is 11.8 Å². The van der Waals surface area contributed by atoms with Crippen LogP contribution in [0.25, 0.3) is 0 Å². The highest BCUT2D eigenvalue weighted by atomic mass is 19.1. The van der Waals surface area contributed by atoms with E-state index in [1.165, 1.54) is 6.08 Å². The third-order valence-electron chi connectivity index (χ3n) is 4.71. The van der Waals surface area contributed by atoms with E-state index in [1.807, 2.05) is 6.07 Å². The quantitative estimate of drug-likeness (QED) is 0.488. The predicted octanol–water partition coefficient (Wildman–Crippen LogP) is 3.96. The topological polar surface area (TPSA) is 98.3 Å². The summed E-state index contributed by atoms with van der Waals surface area (Å²) in [5.41, 5.74) is 2.01. The number of ketones is 1. The smallest absolute Gasteiger partial charge is 0.229 e. The van der Waals surface area contributed by atoms with E-state index < -0.39 is 5.82 Å². The number of aromatic nitrogens is 3. The van der Waals surface area contributed by atoms with Crippen LogP contribution in [0.4, 0.5) is 27.5 Å². The summed E-state index contributed by atoms with van der Waals surface area (Å²) in [6.07, 6.45) is 5.02. The van der Waals surface area contributed by atoms with E-state index in [1.54, 1.807) is 36.5 Å². The number of anilines is 4. The Morgan fingerprint density at radius 2 is 2.12 bits per heavy atom. The molecule has 0 unspecified atom stereocenters. The van der Waals surface area contributed by atoms with Gasteiger partial charge in [0.15, 0.2) is 17.4 Å². The summed E-state index contributed by atoms with van der Waals surface area (Å²) in [5.74, 6) is 0.00544. The summed E-state index contributed by atoms with van der Waals surface area (Å²) in [6.45, 7) is 4.73. The Kier molecular flexibility index (Phi) is 6.66. The summed E-state index contributed by atoms with van der Waals surface area (Å²) in [5, 5.41) is 5.92. The van der Waals surface area contributed by atoms with Crippen molar-refractivity contribution < 1.29 is 18.7 Å². The molecule has 1 fully saturated rings. The van der Waals surface area contributed by atoms with Crippen LogP contribution >= 0.6 is 0 Å². The van der Waals surface area contributed by atoms with E-state index in [-0.39, 0.29) is 30.1 Å². The van der Waals surface area contributed by atoms with Crippen molar-refractivity contribution in [1.29, 1.82) is 0 Å². The molecule has 32 heavy (non-hydrogen) atoms. The normalized spacial score (nSPS) is 15.2. The first-order valence-electron chi connectivity index (χ1n) is 10.1. The molecule has 9 heteroatoms. The number of carbonyl (C=O) groups excluding carboxylic acids is 1. The number of allylic oxidation sites excluding steroid dienone is 1. The molecular weight excluding hydrogens is 413 g/mol. The molecule has 1 aliphatic heterocycles. The minimum Gasteiger partial charge on any atom is -0.472 e. The molecule has 1 saturated heterocycles. The molecule has 4 rings (SSSR count). The molecule has 164 valence electrons. The standard InChI is InChI=1S/C23H22FN5O3/c1-2-18(30)11-15-4-3-5-16(10-15)27-22-20(24)13-26-23(29-22)28-17-6-7-21(25-12-17)32-19-8-9-31-14-19/h2-7,10,12-13,19H,1,8-9,11,14H2,(H2,26,27,28,29)/t19-/m0/s1. The minimum atomic E-state index is -0.608. The number of nitrogens with zero attached hydrogens (tertiary/aromatic N) is 3. The van der Waals surface area contributed by atoms with Crippen LogP contribution in [0, 0.1) is 5.82 Å². The molecule has 2 N–H and O–H groups in total. The van der Waals surface area contributed by atoms with Gasteiger partial charge in [0, 0.05) is 24.6 Å². The first kappa shape index (κ1) is 21.4. The Labute approximate surface area is 184 Å². The van der Waals surface area contributed by atoms with Crippen LogP contribution in [0.15, 0.2) is 61.4 Å². The first-order chi connectivity index (χ1) is 15.6. The number of benzene rings is 1. The van der Waals surface area contributed by atoms with Crippen molar-refractivity contribution >= 4 is 28.9 Å². The molecule has 0 bridgehead atoms. The van der Waals surface area contributed by atoms with Crippen molar-refractivity contribution in [2.45, 2.75) is 18.9 Å². The number of halogens is 1. The second-order valence-electron chi connectivity index (χ2n) is 7.18. The highest BCUT2D eigenvalue weighted by Crippen LogP contribution is 2.22. The lowest BCUT2D eigenvalue weighted by molar-refractivity contribution is -0.114. The molecule has 0 amide bonds. The van der Waals surface area contributed by atoms with Gasteiger partial charge >= 0.3 is 0 Å². The van der Waals surface area contributed by atoms with E-state index in [0.29, 0.717) is 30.5 Å². The van der Waals surface area contributed by atoms with Crippen molar-refractivity contribution in [2.75, 3.05) is 23.8 Å². The molecule has 1 aliphatic rings. The zero-order chi connectivity index (χ0) is 22.3. The average molecular weight is 435 g/mol. The van der Waals surface area contributed by atoms with Gasteiger partial charge in [-0.3, -0.25) is 4.79 Å². The van der Waals surface area contributed by atoms with Crippen LogP contribution in [0.1, 0.15) is 12.0 Å². The Balaban J connectivity index is 1.43. The number of rotatable bonds is 9. The van der Waals surface area contributed by atoms with E-state index in [4.69, 9.17) is 9.47 Å². The average Bonchev–Trinajstić information content (AvgIpc) is 3.31. The maximum absolute atomic E-state index is 14.3. The molecule has 0 radical (unpaired) electrons. The van der Waals surface area contributed by atoms with Crippen LogP contribution in [-0.4, -0.2) is 40.1 Å². The fourth-order valence-electron chi connectivity index (χ4n) is 3.11. The van der Waals surface area contributed by atoms with E-state index in [0.717, 1.165) is 18.2 Å². The lowest BCUT2D eigenvalue weighted by atomic mass is 10.1. The van der Waals surface area contributed by atoms with Gasteiger partial charge in [-0.1, -0.05) is 18.7 Å². The molecular formula is C23H22FN5O3. The fourth-order valence-corrected chi connectivity index (χ4v) is 3.11. The van der Waals surface area contributed by atoms with Crippen LogP contribution < -0.4 is 15.4 Å². The van der Waals surface area contributed by atoms with Crippen molar-refractivity contribution in [1.82, 2.24) is 15.0 Å². The third-order valence-corrected chi connectivity index (χ3v) is 4.71. The lowest BCUT2D eigenvalue weighted by Crippen LogP contribution is -2.16. The number of hydrogen-bond donors (Lipinski definition) is 2. The van der Waals surface area contributed by atoms with E-state index in [2.05, 4.69) is 32.2 Å². The molecule has 8 nitrogen and oxygen atoms in total. The predicted molar refractivity (Wildman–Crippen MR) is 118 cm³/mol. The number of nitrogens with one attached hydrogen (secondary N) is 2. The Bertz CT molecular complexity index is 1100. The molecule has 1 aromatic carbocycles. The number of carbonyl (C=O) groups is 1. The number of pyridine rings is 1. The zero-order valence-electron chi connectivity index (χ0n) is 17.3. The summed E-state index contributed by atoms with van der Waals surface area (Å²) in [6, 6.07) is 10.6. The molecule has 3 aromatic rings. The highest BCUT2D eigenvalue weighted by molar-refractivity contribution is 5.91. The van der Waals surface area contributed by atoms with Crippen LogP contribution in [0.3, 0.4) is 0 Å². The molecule has 0 aliphatic carbocycles. The summed E-state index contributed by atoms with van der Waals surface area (Å²) >= 11 is 0. The fraction of sp³-hybridized carbons (Fsp3) is 0.217. The molecule has 3 heterocycles. The van der Waals surface area contributed by atoms with Crippen molar-refractivity contribution in [3.05, 3.63) is 72.8 Å². The van der Waals surface area contributed by atoms with Gasteiger partial charge in [0.25, 0.3) is 0 Å². The SMILES string of the molecule is C=CC(=O)Cc1cccc(Nc2nc(Nc3ccc(O[C@H]4CCOC4)nc3)ncc2F)c1. The van der Waals surface area contributed by atoms with Gasteiger partial charge in [-0.2, -0.15) is 4.98 Å². The van der Waals surface area contributed by atoms with Crippen LogP contribution in [-0.2, 0) is 16.0 Å². The van der Waals surface area contributed by atoms with E-state index in [9.17, 15) is 9.18 Å².